The van der Waals surface area contributed by atoms with Crippen LogP contribution in [0.3, 0.4) is 0 Å². The van der Waals surface area contributed by atoms with Crippen LogP contribution in [0, 0.1) is 0 Å². The van der Waals surface area contributed by atoms with Gasteiger partial charge in [-0.3, -0.25) is 4.98 Å². The minimum Gasteiger partial charge on any atom is -0.343 e. The van der Waals surface area contributed by atoms with E-state index in [1.54, 1.807) is 0 Å². The van der Waals surface area contributed by atoms with E-state index in [9.17, 15) is 0 Å². The number of tetrazole rings is 1. The van der Waals surface area contributed by atoms with E-state index in [0.29, 0.717) is 10.8 Å². The van der Waals surface area contributed by atoms with Crippen LogP contribution < -0.4 is 4.90 Å². The summed E-state index contributed by atoms with van der Waals surface area (Å²) in [5.41, 5.74) is 7.07. The third-order valence-corrected chi connectivity index (χ3v) is 5.61. The van der Waals surface area contributed by atoms with Gasteiger partial charge in [-0.15, -0.1) is 10.2 Å². The first kappa shape index (κ1) is 20.0. The maximum Gasteiger partial charge on any atom is 0.205 e. The molecule has 0 unspecified atom stereocenters. The van der Waals surface area contributed by atoms with Gasteiger partial charge < -0.3 is 4.90 Å². The molecule has 0 aliphatic rings. The van der Waals surface area contributed by atoms with E-state index in [1.807, 2.05) is 25.2 Å². The molecular formula is C23H23ClN6. The summed E-state index contributed by atoms with van der Waals surface area (Å²) >= 11 is 6.66. The van der Waals surface area contributed by atoms with Crippen LogP contribution in [0.2, 0.25) is 5.02 Å². The number of halogens is 1. The molecule has 0 saturated carbocycles. The number of aromatic amines is 1. The fraction of sp³-hybridized carbons (Fsp3) is 0.217. The first-order valence-corrected chi connectivity index (χ1v) is 10.4. The zero-order valence-corrected chi connectivity index (χ0v) is 18.0. The second-order valence-corrected chi connectivity index (χ2v) is 7.37. The van der Waals surface area contributed by atoms with Crippen LogP contribution in [-0.4, -0.2) is 32.7 Å². The minimum atomic E-state index is 0.578. The smallest absolute Gasteiger partial charge is 0.205 e. The molecule has 7 heteroatoms. The van der Waals surface area contributed by atoms with Gasteiger partial charge in [0.15, 0.2) is 0 Å². The maximum atomic E-state index is 6.66. The maximum absolute atomic E-state index is 6.66. The molecule has 0 fully saturated rings. The van der Waals surface area contributed by atoms with Gasteiger partial charge in [0.05, 0.1) is 16.4 Å². The van der Waals surface area contributed by atoms with Crippen LogP contribution in [-0.2, 0) is 12.8 Å². The molecule has 0 spiro atoms. The Morgan fingerprint density at radius 2 is 1.70 bits per heavy atom. The number of H-pyrrole nitrogens is 1. The molecule has 0 radical (unpaired) electrons. The van der Waals surface area contributed by atoms with Gasteiger partial charge in [0.1, 0.15) is 0 Å². The van der Waals surface area contributed by atoms with E-state index in [1.165, 1.54) is 0 Å². The monoisotopic (exact) mass is 418 g/mol. The number of anilines is 2. The molecule has 30 heavy (non-hydrogen) atoms. The van der Waals surface area contributed by atoms with Gasteiger partial charge in [-0.2, -0.15) is 5.21 Å². The summed E-state index contributed by atoms with van der Waals surface area (Å²) in [6.07, 6.45) is 1.68. The van der Waals surface area contributed by atoms with E-state index in [0.717, 1.165) is 52.3 Å². The van der Waals surface area contributed by atoms with Gasteiger partial charge >= 0.3 is 0 Å². The number of benzene rings is 2. The Kier molecular flexibility index (Phi) is 5.77. The number of pyridine rings is 1. The van der Waals surface area contributed by atoms with Crippen molar-refractivity contribution in [1.82, 2.24) is 25.6 Å². The molecule has 2 heterocycles. The molecule has 2 aromatic carbocycles. The molecule has 152 valence electrons. The molecule has 0 aliphatic carbocycles. The van der Waals surface area contributed by atoms with Crippen LogP contribution >= 0.6 is 11.6 Å². The van der Waals surface area contributed by atoms with Crippen molar-refractivity contribution in [2.45, 2.75) is 26.7 Å². The number of hydrogen-bond donors (Lipinski definition) is 1. The van der Waals surface area contributed by atoms with Crippen molar-refractivity contribution in [2.75, 3.05) is 11.9 Å². The van der Waals surface area contributed by atoms with Crippen molar-refractivity contribution >= 4 is 23.0 Å². The number of hydrogen-bond acceptors (Lipinski definition) is 5. The van der Waals surface area contributed by atoms with Gasteiger partial charge in [0, 0.05) is 24.0 Å². The van der Waals surface area contributed by atoms with Gasteiger partial charge in [-0.1, -0.05) is 61.8 Å². The molecule has 4 aromatic rings. The van der Waals surface area contributed by atoms with Crippen LogP contribution in [0.15, 0.2) is 54.6 Å². The van der Waals surface area contributed by atoms with Crippen molar-refractivity contribution < 1.29 is 0 Å². The SMILES string of the molecule is CCc1cc(N(C)c2ccc(-c3ccccc3-c3nn[nH]n3)cc2)c(Cl)c(CC)n1. The number of nitrogens with one attached hydrogen (secondary N) is 1. The standard InChI is InChI=1S/C23H23ClN6/c1-4-16-14-21(22(24)20(5-2)25-16)30(3)17-12-10-15(11-13-17)18-8-6-7-9-19(18)23-26-28-29-27-23/h6-14H,4-5H2,1-3H3,(H,26,27,28,29). The van der Waals surface area contributed by atoms with E-state index >= 15 is 0 Å². The zero-order valence-electron chi connectivity index (χ0n) is 17.2. The van der Waals surface area contributed by atoms with E-state index in [2.05, 4.69) is 80.8 Å². The minimum absolute atomic E-state index is 0.578. The van der Waals surface area contributed by atoms with Crippen LogP contribution in [0.1, 0.15) is 25.2 Å². The van der Waals surface area contributed by atoms with Crippen molar-refractivity contribution in [3.63, 3.8) is 0 Å². The predicted octanol–water partition coefficient (Wildman–Crippen LogP) is 5.47. The third kappa shape index (κ3) is 3.78. The van der Waals surface area contributed by atoms with Gasteiger partial charge in [-0.25, -0.2) is 0 Å². The van der Waals surface area contributed by atoms with Gasteiger partial charge in [-0.05, 0) is 47.4 Å². The molecule has 0 amide bonds. The third-order valence-electron chi connectivity index (χ3n) is 5.20. The van der Waals surface area contributed by atoms with Crippen LogP contribution in [0.4, 0.5) is 11.4 Å². The first-order chi connectivity index (χ1) is 14.6. The van der Waals surface area contributed by atoms with Crippen LogP contribution in [0.5, 0.6) is 0 Å². The Labute approximate surface area is 180 Å². The highest BCUT2D eigenvalue weighted by molar-refractivity contribution is 6.34. The highest BCUT2D eigenvalue weighted by Crippen LogP contribution is 2.35. The molecule has 0 atom stereocenters. The number of rotatable bonds is 6. The summed E-state index contributed by atoms with van der Waals surface area (Å²) in [6.45, 7) is 4.18. The summed E-state index contributed by atoms with van der Waals surface area (Å²) in [7, 11) is 2.03. The lowest BCUT2D eigenvalue weighted by atomic mass is 9.99. The number of aromatic nitrogens is 5. The quantitative estimate of drug-likeness (QED) is 0.449. The predicted molar refractivity (Wildman–Crippen MR) is 121 cm³/mol. The van der Waals surface area contributed by atoms with E-state index in [4.69, 9.17) is 11.6 Å². The van der Waals surface area contributed by atoms with E-state index < -0.39 is 0 Å². The number of nitrogens with zero attached hydrogens (tertiary/aromatic N) is 5. The summed E-state index contributed by atoms with van der Waals surface area (Å²) in [5, 5.41) is 15.2. The lowest BCUT2D eigenvalue weighted by molar-refractivity contribution is 0.881. The molecule has 0 bridgehead atoms. The molecular weight excluding hydrogens is 396 g/mol. The molecule has 1 N–H and O–H groups in total. The average molecular weight is 419 g/mol. The molecule has 4 rings (SSSR count). The second-order valence-electron chi connectivity index (χ2n) is 6.99. The largest absolute Gasteiger partial charge is 0.343 e. The second kappa shape index (κ2) is 8.63. The van der Waals surface area contributed by atoms with Gasteiger partial charge in [0.25, 0.3) is 0 Å². The highest BCUT2D eigenvalue weighted by atomic mass is 35.5. The average Bonchev–Trinajstić information content (AvgIpc) is 3.34. The first-order valence-electron chi connectivity index (χ1n) is 9.97. The molecule has 6 nitrogen and oxygen atoms in total. The fourth-order valence-electron chi connectivity index (χ4n) is 3.49. The summed E-state index contributed by atoms with van der Waals surface area (Å²) < 4.78 is 0. The molecule has 0 aliphatic heterocycles. The van der Waals surface area contributed by atoms with E-state index in [-0.39, 0.29) is 0 Å². The zero-order chi connectivity index (χ0) is 21.1. The summed E-state index contributed by atoms with van der Waals surface area (Å²) in [4.78, 5) is 6.76. The fourth-order valence-corrected chi connectivity index (χ4v) is 3.85. The summed E-state index contributed by atoms with van der Waals surface area (Å²) in [5.74, 6) is 0.578. The van der Waals surface area contributed by atoms with Crippen LogP contribution in [0.25, 0.3) is 22.5 Å². The Bertz CT molecular complexity index is 1140. The van der Waals surface area contributed by atoms with Crippen molar-refractivity contribution in [1.29, 1.82) is 0 Å². The van der Waals surface area contributed by atoms with Gasteiger partial charge in [0.2, 0.25) is 5.82 Å². The normalized spacial score (nSPS) is 10.9. The molecule has 2 aromatic heterocycles. The van der Waals surface area contributed by atoms with Crippen molar-refractivity contribution in [2.24, 2.45) is 0 Å². The Balaban J connectivity index is 1.69. The lowest BCUT2D eigenvalue weighted by Crippen LogP contribution is -2.12. The lowest BCUT2D eigenvalue weighted by Gasteiger charge is -2.23. The summed E-state index contributed by atoms with van der Waals surface area (Å²) in [6, 6.07) is 18.5. The Morgan fingerprint density at radius 1 is 0.967 bits per heavy atom. The Morgan fingerprint density at radius 3 is 2.33 bits per heavy atom. The Hall–Kier alpha value is -3.25. The highest BCUT2D eigenvalue weighted by Gasteiger charge is 2.15. The van der Waals surface area contributed by atoms with Crippen molar-refractivity contribution in [3.8, 4) is 22.5 Å². The molecule has 0 saturated heterocycles. The van der Waals surface area contributed by atoms with Crippen molar-refractivity contribution in [3.05, 3.63) is 71.0 Å². The topological polar surface area (TPSA) is 70.6 Å². The number of aryl methyl sites for hydroxylation is 2.